The standard InChI is InChI=1S/C28H34N6O/c35-26-19-34(16-12-25(26)33-15-11-21-5-1-2-6-22(21)18-33)28-17-27(29-20-30-28)31-23-7-9-24(10-8-23)32-13-3-4-14-32/h1-2,5-10,17,20,25-26,35H,3-4,11-16,18-19H2,(H,29,30,31)/t25-,26-/m1/s1. The minimum Gasteiger partial charge on any atom is -0.390 e. The van der Waals surface area contributed by atoms with Gasteiger partial charge in [0, 0.05) is 62.8 Å². The average Bonchev–Trinajstić information content (AvgIpc) is 3.44. The molecule has 0 aliphatic carbocycles. The number of aliphatic hydroxyl groups is 1. The van der Waals surface area contributed by atoms with Crippen LogP contribution in [-0.2, 0) is 13.0 Å². The van der Waals surface area contributed by atoms with Crippen LogP contribution in [0.15, 0.2) is 60.9 Å². The molecule has 7 heteroatoms. The first-order chi connectivity index (χ1) is 17.2. The third kappa shape index (κ3) is 4.83. The van der Waals surface area contributed by atoms with Gasteiger partial charge in [-0.15, -0.1) is 0 Å². The second-order valence-electron chi connectivity index (χ2n) is 9.99. The van der Waals surface area contributed by atoms with Gasteiger partial charge in [0.1, 0.15) is 18.0 Å². The van der Waals surface area contributed by atoms with Crippen molar-refractivity contribution >= 4 is 23.0 Å². The van der Waals surface area contributed by atoms with E-state index in [9.17, 15) is 5.11 Å². The highest BCUT2D eigenvalue weighted by atomic mass is 16.3. The van der Waals surface area contributed by atoms with E-state index in [-0.39, 0.29) is 6.04 Å². The van der Waals surface area contributed by atoms with Crippen molar-refractivity contribution in [1.82, 2.24) is 14.9 Å². The van der Waals surface area contributed by atoms with Crippen LogP contribution in [0.2, 0.25) is 0 Å². The summed E-state index contributed by atoms with van der Waals surface area (Å²) in [6.45, 7) is 5.70. The molecule has 0 saturated carbocycles. The lowest BCUT2D eigenvalue weighted by molar-refractivity contribution is 0.0293. The Balaban J connectivity index is 1.08. The minimum atomic E-state index is -0.404. The van der Waals surface area contributed by atoms with Crippen molar-refractivity contribution in [2.24, 2.45) is 0 Å². The molecule has 7 nitrogen and oxygen atoms in total. The quantitative estimate of drug-likeness (QED) is 0.588. The first kappa shape index (κ1) is 22.3. The number of anilines is 4. The van der Waals surface area contributed by atoms with E-state index in [2.05, 4.69) is 78.5 Å². The van der Waals surface area contributed by atoms with E-state index in [0.29, 0.717) is 6.54 Å². The van der Waals surface area contributed by atoms with Crippen molar-refractivity contribution in [3.63, 3.8) is 0 Å². The van der Waals surface area contributed by atoms with Crippen molar-refractivity contribution < 1.29 is 5.11 Å². The van der Waals surface area contributed by atoms with Crippen LogP contribution in [0.4, 0.5) is 23.0 Å². The smallest absolute Gasteiger partial charge is 0.135 e. The summed E-state index contributed by atoms with van der Waals surface area (Å²) in [6, 6.07) is 19.4. The number of aromatic nitrogens is 2. The molecule has 0 unspecified atom stereocenters. The van der Waals surface area contributed by atoms with Crippen LogP contribution in [0, 0.1) is 0 Å². The Morgan fingerprint density at radius 1 is 0.857 bits per heavy atom. The molecule has 2 saturated heterocycles. The van der Waals surface area contributed by atoms with Gasteiger partial charge in [-0.1, -0.05) is 24.3 Å². The summed E-state index contributed by atoms with van der Waals surface area (Å²) in [4.78, 5) is 16.0. The van der Waals surface area contributed by atoms with Crippen LogP contribution >= 0.6 is 0 Å². The number of fused-ring (bicyclic) bond motifs is 1. The van der Waals surface area contributed by atoms with Gasteiger partial charge in [0.2, 0.25) is 0 Å². The van der Waals surface area contributed by atoms with E-state index in [1.807, 2.05) is 6.07 Å². The number of benzene rings is 2. The molecule has 4 heterocycles. The van der Waals surface area contributed by atoms with Crippen LogP contribution in [0.1, 0.15) is 30.4 Å². The van der Waals surface area contributed by atoms with Gasteiger partial charge in [0.25, 0.3) is 0 Å². The molecule has 3 aliphatic heterocycles. The normalized spacial score (nSPS) is 22.8. The lowest BCUT2D eigenvalue weighted by Gasteiger charge is -2.43. The second-order valence-corrected chi connectivity index (χ2v) is 9.99. The van der Waals surface area contributed by atoms with Gasteiger partial charge in [-0.25, -0.2) is 9.97 Å². The Kier molecular flexibility index (Phi) is 6.27. The molecule has 0 bridgehead atoms. The maximum absolute atomic E-state index is 11.1. The monoisotopic (exact) mass is 470 g/mol. The number of nitrogens with one attached hydrogen (secondary N) is 1. The van der Waals surface area contributed by atoms with E-state index < -0.39 is 6.10 Å². The SMILES string of the molecule is O[C@@H]1CN(c2cc(Nc3ccc(N4CCCC4)cc3)ncn2)CC[C@H]1N1CCc2ccccc2C1. The molecular weight excluding hydrogens is 436 g/mol. The minimum absolute atomic E-state index is 0.188. The number of piperidine rings is 1. The highest BCUT2D eigenvalue weighted by Gasteiger charge is 2.34. The Labute approximate surface area is 207 Å². The topological polar surface area (TPSA) is 67.8 Å². The van der Waals surface area contributed by atoms with Gasteiger partial charge in [-0.3, -0.25) is 4.90 Å². The van der Waals surface area contributed by atoms with Gasteiger partial charge < -0.3 is 20.2 Å². The molecule has 2 fully saturated rings. The van der Waals surface area contributed by atoms with Crippen molar-refractivity contribution in [3.05, 3.63) is 72.1 Å². The largest absolute Gasteiger partial charge is 0.390 e. The van der Waals surface area contributed by atoms with Crippen LogP contribution in [0.3, 0.4) is 0 Å². The van der Waals surface area contributed by atoms with Crippen molar-refractivity contribution in [3.8, 4) is 0 Å². The molecule has 2 atom stereocenters. The highest BCUT2D eigenvalue weighted by molar-refractivity contribution is 5.62. The zero-order valence-electron chi connectivity index (χ0n) is 20.2. The summed E-state index contributed by atoms with van der Waals surface area (Å²) in [7, 11) is 0. The second kappa shape index (κ2) is 9.84. The number of nitrogens with zero attached hydrogens (tertiary/aromatic N) is 5. The Morgan fingerprint density at radius 2 is 1.66 bits per heavy atom. The molecule has 0 spiro atoms. The molecule has 6 rings (SSSR count). The molecule has 35 heavy (non-hydrogen) atoms. The van der Waals surface area contributed by atoms with E-state index >= 15 is 0 Å². The maximum Gasteiger partial charge on any atom is 0.135 e. The number of hydrogen-bond donors (Lipinski definition) is 2. The fourth-order valence-corrected chi connectivity index (χ4v) is 5.82. The molecule has 0 radical (unpaired) electrons. The summed E-state index contributed by atoms with van der Waals surface area (Å²) in [6.07, 6.45) is 5.75. The molecule has 3 aliphatic rings. The molecular formula is C28H34N6O. The first-order valence-electron chi connectivity index (χ1n) is 12.9. The van der Waals surface area contributed by atoms with Crippen LogP contribution in [0.5, 0.6) is 0 Å². The highest BCUT2D eigenvalue weighted by Crippen LogP contribution is 2.28. The van der Waals surface area contributed by atoms with Crippen molar-refractivity contribution in [2.45, 2.75) is 44.4 Å². The zero-order valence-corrected chi connectivity index (χ0v) is 20.2. The van der Waals surface area contributed by atoms with Crippen molar-refractivity contribution in [1.29, 1.82) is 0 Å². The number of hydrogen-bond acceptors (Lipinski definition) is 7. The zero-order chi connectivity index (χ0) is 23.6. The number of β-amino-alcohol motifs (C(OH)–C–C–N with tert-alkyl or cyclic N) is 1. The van der Waals surface area contributed by atoms with E-state index in [0.717, 1.165) is 62.9 Å². The van der Waals surface area contributed by atoms with Gasteiger partial charge in [0.15, 0.2) is 0 Å². The number of rotatable bonds is 5. The van der Waals surface area contributed by atoms with Gasteiger partial charge in [0.05, 0.1) is 6.10 Å². The fraction of sp³-hybridized carbons (Fsp3) is 0.429. The summed E-state index contributed by atoms with van der Waals surface area (Å²) >= 11 is 0. The summed E-state index contributed by atoms with van der Waals surface area (Å²) in [5.41, 5.74) is 5.14. The third-order valence-electron chi connectivity index (χ3n) is 7.76. The summed E-state index contributed by atoms with van der Waals surface area (Å²) in [5.74, 6) is 1.63. The van der Waals surface area contributed by atoms with E-state index in [1.165, 1.54) is 29.7 Å². The Hall–Kier alpha value is -3.16. The fourth-order valence-electron chi connectivity index (χ4n) is 5.82. The first-order valence-corrected chi connectivity index (χ1v) is 12.9. The predicted octanol–water partition coefficient (Wildman–Crippen LogP) is 3.82. The maximum atomic E-state index is 11.1. The molecule has 2 aromatic carbocycles. The lowest BCUT2D eigenvalue weighted by Crippen LogP contribution is -2.55. The van der Waals surface area contributed by atoms with Crippen LogP contribution < -0.4 is 15.1 Å². The van der Waals surface area contributed by atoms with E-state index in [4.69, 9.17) is 0 Å². The molecule has 2 N–H and O–H groups in total. The van der Waals surface area contributed by atoms with Crippen LogP contribution in [-0.4, -0.2) is 64.8 Å². The summed E-state index contributed by atoms with van der Waals surface area (Å²) in [5, 5.41) is 14.5. The molecule has 0 amide bonds. The Bertz CT molecular complexity index is 1150. The van der Waals surface area contributed by atoms with Gasteiger partial charge in [-0.2, -0.15) is 0 Å². The van der Waals surface area contributed by atoms with E-state index in [1.54, 1.807) is 6.33 Å². The molecule has 1 aromatic heterocycles. The lowest BCUT2D eigenvalue weighted by atomic mass is 9.94. The Morgan fingerprint density at radius 3 is 2.46 bits per heavy atom. The predicted molar refractivity (Wildman–Crippen MR) is 140 cm³/mol. The van der Waals surface area contributed by atoms with Crippen molar-refractivity contribution in [2.75, 3.05) is 47.8 Å². The van der Waals surface area contributed by atoms with Gasteiger partial charge >= 0.3 is 0 Å². The van der Waals surface area contributed by atoms with Crippen LogP contribution in [0.25, 0.3) is 0 Å². The average molecular weight is 471 g/mol. The molecule has 182 valence electrons. The number of aliphatic hydroxyl groups excluding tert-OH is 1. The summed E-state index contributed by atoms with van der Waals surface area (Å²) < 4.78 is 0. The molecule has 3 aromatic rings. The third-order valence-corrected chi connectivity index (χ3v) is 7.76. The van der Waals surface area contributed by atoms with Gasteiger partial charge in [-0.05, 0) is 61.1 Å².